The highest BCUT2D eigenvalue weighted by Gasteiger charge is 2.26. The van der Waals surface area contributed by atoms with Crippen molar-refractivity contribution in [2.24, 2.45) is 0 Å². The zero-order valence-electron chi connectivity index (χ0n) is 8.40. The van der Waals surface area contributed by atoms with Crippen LogP contribution in [0.2, 0.25) is 0 Å². The molecule has 0 radical (unpaired) electrons. The molecule has 1 amide bonds. The molecule has 0 aromatic carbocycles. The van der Waals surface area contributed by atoms with Crippen molar-refractivity contribution in [1.82, 2.24) is 25.4 Å². The van der Waals surface area contributed by atoms with Crippen molar-refractivity contribution in [2.75, 3.05) is 5.32 Å². The highest BCUT2D eigenvalue weighted by Crippen LogP contribution is 2.38. The van der Waals surface area contributed by atoms with Gasteiger partial charge in [-0.25, -0.2) is 5.10 Å². The van der Waals surface area contributed by atoms with Gasteiger partial charge in [0.1, 0.15) is 6.33 Å². The molecule has 1 fully saturated rings. The van der Waals surface area contributed by atoms with E-state index in [-0.39, 0.29) is 5.91 Å². The van der Waals surface area contributed by atoms with E-state index in [2.05, 4.69) is 30.7 Å². The van der Waals surface area contributed by atoms with Crippen LogP contribution in [0.4, 0.5) is 5.95 Å². The van der Waals surface area contributed by atoms with Crippen LogP contribution < -0.4 is 5.32 Å². The standard InChI is InChI=1S/C9H10N6O/c16-8(12-9-10-4-11-15-9)7-3-6(13-14-7)5-1-2-5/h3-5H,1-2H2,(H,13,14)(H2,10,11,12,15,16). The van der Waals surface area contributed by atoms with Crippen LogP contribution in [0.3, 0.4) is 0 Å². The Kier molecular flexibility index (Phi) is 1.95. The van der Waals surface area contributed by atoms with Gasteiger partial charge in [0, 0.05) is 11.6 Å². The molecular weight excluding hydrogens is 208 g/mol. The third-order valence-electron chi connectivity index (χ3n) is 2.49. The zero-order valence-corrected chi connectivity index (χ0v) is 8.40. The average molecular weight is 218 g/mol. The van der Waals surface area contributed by atoms with Crippen LogP contribution in [0.25, 0.3) is 0 Å². The van der Waals surface area contributed by atoms with Crippen LogP contribution in [0.1, 0.15) is 34.9 Å². The summed E-state index contributed by atoms with van der Waals surface area (Å²) < 4.78 is 0. The summed E-state index contributed by atoms with van der Waals surface area (Å²) in [7, 11) is 0. The predicted molar refractivity (Wildman–Crippen MR) is 54.9 cm³/mol. The van der Waals surface area contributed by atoms with Crippen LogP contribution >= 0.6 is 0 Å². The summed E-state index contributed by atoms with van der Waals surface area (Å²) in [5, 5.41) is 15.6. The fraction of sp³-hybridized carbons (Fsp3) is 0.333. The summed E-state index contributed by atoms with van der Waals surface area (Å²) in [6.45, 7) is 0. The number of H-pyrrole nitrogens is 2. The smallest absolute Gasteiger partial charge is 0.278 e. The summed E-state index contributed by atoms with van der Waals surface area (Å²) in [4.78, 5) is 15.5. The van der Waals surface area contributed by atoms with Crippen molar-refractivity contribution in [3.05, 3.63) is 23.8 Å². The van der Waals surface area contributed by atoms with E-state index in [0.29, 0.717) is 17.6 Å². The number of amides is 1. The lowest BCUT2D eigenvalue weighted by Gasteiger charge is -1.95. The Morgan fingerprint density at radius 1 is 1.44 bits per heavy atom. The normalized spacial score (nSPS) is 15.0. The average Bonchev–Trinajstić information content (AvgIpc) is 2.82. The molecule has 2 aromatic heterocycles. The largest absolute Gasteiger partial charge is 0.289 e. The Morgan fingerprint density at radius 3 is 3.00 bits per heavy atom. The van der Waals surface area contributed by atoms with E-state index in [4.69, 9.17) is 0 Å². The molecule has 2 heterocycles. The highest BCUT2D eigenvalue weighted by atomic mass is 16.2. The number of anilines is 1. The van der Waals surface area contributed by atoms with Crippen LogP contribution in [0.5, 0.6) is 0 Å². The van der Waals surface area contributed by atoms with Gasteiger partial charge in [-0.05, 0) is 18.9 Å². The van der Waals surface area contributed by atoms with Crippen LogP contribution in [0.15, 0.2) is 12.4 Å². The molecule has 0 saturated heterocycles. The summed E-state index contributed by atoms with van der Waals surface area (Å²) in [5.74, 6) is 0.584. The Labute approximate surface area is 90.7 Å². The first-order valence-corrected chi connectivity index (χ1v) is 5.05. The van der Waals surface area contributed by atoms with E-state index in [0.717, 1.165) is 5.69 Å². The first kappa shape index (κ1) is 9.08. The fourth-order valence-electron chi connectivity index (χ4n) is 1.49. The highest BCUT2D eigenvalue weighted by molar-refractivity contribution is 6.01. The van der Waals surface area contributed by atoms with Gasteiger partial charge in [-0.1, -0.05) is 0 Å². The van der Waals surface area contributed by atoms with E-state index in [9.17, 15) is 4.79 Å². The maximum absolute atomic E-state index is 11.7. The quantitative estimate of drug-likeness (QED) is 0.704. The molecule has 1 saturated carbocycles. The van der Waals surface area contributed by atoms with Crippen molar-refractivity contribution < 1.29 is 4.79 Å². The van der Waals surface area contributed by atoms with Gasteiger partial charge in [-0.3, -0.25) is 15.2 Å². The molecular formula is C9H10N6O. The van der Waals surface area contributed by atoms with Crippen LogP contribution in [0, 0.1) is 0 Å². The molecule has 0 atom stereocenters. The number of nitrogens with zero attached hydrogens (tertiary/aromatic N) is 3. The summed E-state index contributed by atoms with van der Waals surface area (Å²) >= 11 is 0. The molecule has 1 aliphatic rings. The Bertz CT molecular complexity index is 498. The Hall–Kier alpha value is -2.18. The molecule has 3 rings (SSSR count). The molecule has 16 heavy (non-hydrogen) atoms. The second kappa shape index (κ2) is 3.44. The maximum atomic E-state index is 11.7. The van der Waals surface area contributed by atoms with E-state index in [1.807, 2.05) is 0 Å². The van der Waals surface area contributed by atoms with Crippen molar-refractivity contribution in [2.45, 2.75) is 18.8 Å². The summed E-state index contributed by atoms with van der Waals surface area (Å²) in [6, 6.07) is 1.78. The lowest BCUT2D eigenvalue weighted by molar-refractivity contribution is 0.102. The minimum absolute atomic E-state index is 0.292. The van der Waals surface area contributed by atoms with Crippen LogP contribution in [-0.4, -0.2) is 31.3 Å². The SMILES string of the molecule is O=C(Nc1ncn[nH]1)c1cc(C2CC2)[nH]n1. The van der Waals surface area contributed by atoms with E-state index >= 15 is 0 Å². The molecule has 0 aliphatic heterocycles. The van der Waals surface area contributed by atoms with Gasteiger partial charge in [0.15, 0.2) is 5.69 Å². The number of nitrogens with one attached hydrogen (secondary N) is 3. The number of carbonyl (C=O) groups excluding carboxylic acids is 1. The lowest BCUT2D eigenvalue weighted by Crippen LogP contribution is -2.13. The third-order valence-corrected chi connectivity index (χ3v) is 2.49. The van der Waals surface area contributed by atoms with Gasteiger partial charge in [0.2, 0.25) is 5.95 Å². The van der Waals surface area contributed by atoms with E-state index in [1.54, 1.807) is 6.07 Å². The minimum Gasteiger partial charge on any atom is -0.289 e. The number of aromatic nitrogens is 5. The third kappa shape index (κ3) is 1.67. The van der Waals surface area contributed by atoms with Crippen molar-refractivity contribution >= 4 is 11.9 Å². The molecule has 0 unspecified atom stereocenters. The van der Waals surface area contributed by atoms with Crippen molar-refractivity contribution in [3.63, 3.8) is 0 Å². The molecule has 7 nitrogen and oxygen atoms in total. The van der Waals surface area contributed by atoms with Gasteiger partial charge < -0.3 is 0 Å². The molecule has 0 spiro atoms. The Balaban J connectivity index is 1.73. The first-order valence-electron chi connectivity index (χ1n) is 5.05. The van der Waals surface area contributed by atoms with E-state index in [1.165, 1.54) is 19.2 Å². The predicted octanol–water partition coefficient (Wildman–Crippen LogP) is 0.657. The second-order valence-corrected chi connectivity index (χ2v) is 3.77. The molecule has 3 N–H and O–H groups in total. The number of carbonyl (C=O) groups is 1. The number of rotatable bonds is 3. The van der Waals surface area contributed by atoms with Crippen LogP contribution in [-0.2, 0) is 0 Å². The van der Waals surface area contributed by atoms with Gasteiger partial charge in [-0.15, -0.1) is 0 Å². The molecule has 82 valence electrons. The first-order chi connectivity index (χ1) is 7.83. The molecule has 1 aliphatic carbocycles. The second-order valence-electron chi connectivity index (χ2n) is 3.77. The number of hydrogen-bond acceptors (Lipinski definition) is 4. The molecule has 0 bridgehead atoms. The fourth-order valence-corrected chi connectivity index (χ4v) is 1.49. The minimum atomic E-state index is -0.292. The number of hydrogen-bond donors (Lipinski definition) is 3. The summed E-state index contributed by atoms with van der Waals surface area (Å²) in [6.07, 6.45) is 3.67. The van der Waals surface area contributed by atoms with Crippen molar-refractivity contribution in [1.29, 1.82) is 0 Å². The van der Waals surface area contributed by atoms with Gasteiger partial charge in [-0.2, -0.15) is 15.2 Å². The zero-order chi connectivity index (χ0) is 11.0. The van der Waals surface area contributed by atoms with E-state index < -0.39 is 0 Å². The molecule has 2 aromatic rings. The van der Waals surface area contributed by atoms with Gasteiger partial charge in [0.05, 0.1) is 0 Å². The summed E-state index contributed by atoms with van der Waals surface area (Å²) in [5.41, 5.74) is 1.40. The molecule has 7 heteroatoms. The number of aromatic amines is 2. The topological polar surface area (TPSA) is 99.4 Å². The lowest BCUT2D eigenvalue weighted by atomic mass is 10.2. The van der Waals surface area contributed by atoms with Gasteiger partial charge >= 0.3 is 0 Å². The monoisotopic (exact) mass is 218 g/mol. The maximum Gasteiger partial charge on any atom is 0.278 e. The van der Waals surface area contributed by atoms with Crippen molar-refractivity contribution in [3.8, 4) is 0 Å². The van der Waals surface area contributed by atoms with Gasteiger partial charge in [0.25, 0.3) is 5.91 Å². The Morgan fingerprint density at radius 2 is 2.31 bits per heavy atom.